The molecule has 0 atom stereocenters. The van der Waals surface area contributed by atoms with Crippen molar-refractivity contribution in [1.29, 1.82) is 5.26 Å². The maximum atomic E-state index is 12.5. The van der Waals surface area contributed by atoms with Crippen LogP contribution in [0.25, 0.3) is 0 Å². The lowest BCUT2D eigenvalue weighted by Crippen LogP contribution is -2.53. The van der Waals surface area contributed by atoms with Crippen LogP contribution in [0, 0.1) is 18.3 Å². The van der Waals surface area contributed by atoms with Gasteiger partial charge in [0.2, 0.25) is 0 Å². The standard InChI is InChI=1S/C14H19N3OS/c1-9(2)12-16-10(3)11(19-12)13(18)17(4)14(8-15)6-5-7-14/h9H,5-7H2,1-4H3. The molecule has 0 N–H and O–H groups in total. The number of amides is 1. The maximum Gasteiger partial charge on any atom is 0.266 e. The minimum Gasteiger partial charge on any atom is -0.322 e. The van der Waals surface area contributed by atoms with Crippen LogP contribution >= 0.6 is 11.3 Å². The first-order chi connectivity index (χ1) is 8.91. The van der Waals surface area contributed by atoms with E-state index in [1.54, 1.807) is 11.9 Å². The van der Waals surface area contributed by atoms with Gasteiger partial charge in [0.15, 0.2) is 0 Å². The Morgan fingerprint density at radius 3 is 2.53 bits per heavy atom. The van der Waals surface area contributed by atoms with Gasteiger partial charge >= 0.3 is 0 Å². The summed E-state index contributed by atoms with van der Waals surface area (Å²) in [5, 5.41) is 10.3. The summed E-state index contributed by atoms with van der Waals surface area (Å²) in [4.78, 5) is 19.3. The summed E-state index contributed by atoms with van der Waals surface area (Å²) in [7, 11) is 1.74. The molecular formula is C14H19N3OS. The topological polar surface area (TPSA) is 57.0 Å². The molecule has 102 valence electrons. The summed E-state index contributed by atoms with van der Waals surface area (Å²) in [6, 6.07) is 2.30. The normalized spacial score (nSPS) is 16.8. The number of thiazole rings is 1. The summed E-state index contributed by atoms with van der Waals surface area (Å²) in [5.74, 6) is 0.257. The molecule has 0 radical (unpaired) electrons. The van der Waals surface area contributed by atoms with E-state index in [1.165, 1.54) is 11.3 Å². The second-order valence-electron chi connectivity index (χ2n) is 5.48. The highest BCUT2D eigenvalue weighted by Crippen LogP contribution is 2.38. The average Bonchev–Trinajstić information content (AvgIpc) is 2.69. The van der Waals surface area contributed by atoms with Crippen LogP contribution in [0.4, 0.5) is 0 Å². The van der Waals surface area contributed by atoms with Crippen molar-refractivity contribution in [2.75, 3.05) is 7.05 Å². The van der Waals surface area contributed by atoms with Crippen molar-refractivity contribution in [2.24, 2.45) is 0 Å². The van der Waals surface area contributed by atoms with Crippen LogP contribution in [-0.2, 0) is 0 Å². The number of hydrogen-bond acceptors (Lipinski definition) is 4. The zero-order chi connectivity index (χ0) is 14.2. The first kappa shape index (κ1) is 14.0. The molecule has 0 spiro atoms. The number of hydrogen-bond donors (Lipinski definition) is 0. The number of nitriles is 1. The summed E-state index contributed by atoms with van der Waals surface area (Å²) in [5.41, 5.74) is 0.184. The lowest BCUT2D eigenvalue weighted by molar-refractivity contribution is 0.0501. The molecule has 0 saturated heterocycles. The number of rotatable bonds is 3. The molecule has 1 fully saturated rings. The van der Waals surface area contributed by atoms with E-state index in [0.29, 0.717) is 10.8 Å². The summed E-state index contributed by atoms with van der Waals surface area (Å²) in [6.07, 6.45) is 2.57. The number of nitrogens with zero attached hydrogens (tertiary/aromatic N) is 3. The van der Waals surface area contributed by atoms with Crippen molar-refractivity contribution in [3.63, 3.8) is 0 Å². The Bertz CT molecular complexity index is 537. The van der Waals surface area contributed by atoms with Gasteiger partial charge in [-0.1, -0.05) is 13.8 Å². The molecule has 2 rings (SSSR count). The predicted molar refractivity (Wildman–Crippen MR) is 75.2 cm³/mol. The van der Waals surface area contributed by atoms with E-state index in [4.69, 9.17) is 0 Å². The molecular weight excluding hydrogens is 258 g/mol. The minimum atomic E-state index is -0.592. The Labute approximate surface area is 118 Å². The van der Waals surface area contributed by atoms with Gasteiger partial charge in [-0.15, -0.1) is 11.3 Å². The van der Waals surface area contributed by atoms with E-state index in [0.717, 1.165) is 30.0 Å². The SMILES string of the molecule is Cc1nc(C(C)C)sc1C(=O)N(C)C1(C#N)CCC1. The van der Waals surface area contributed by atoms with Crippen molar-refractivity contribution in [3.05, 3.63) is 15.6 Å². The fourth-order valence-electron chi connectivity index (χ4n) is 2.24. The Morgan fingerprint density at radius 1 is 1.53 bits per heavy atom. The van der Waals surface area contributed by atoms with Gasteiger partial charge in [0.05, 0.1) is 16.8 Å². The molecule has 5 heteroatoms. The van der Waals surface area contributed by atoms with Gasteiger partial charge in [0.1, 0.15) is 10.4 Å². The third-order valence-electron chi connectivity index (χ3n) is 3.84. The maximum absolute atomic E-state index is 12.5. The Kier molecular flexibility index (Phi) is 3.64. The molecule has 0 aliphatic heterocycles. The monoisotopic (exact) mass is 277 g/mol. The molecule has 0 aromatic carbocycles. The van der Waals surface area contributed by atoms with E-state index < -0.39 is 5.54 Å². The van der Waals surface area contributed by atoms with Crippen LogP contribution < -0.4 is 0 Å². The molecule has 1 heterocycles. The summed E-state index contributed by atoms with van der Waals surface area (Å²) < 4.78 is 0. The fourth-order valence-corrected chi connectivity index (χ4v) is 3.29. The average molecular weight is 277 g/mol. The van der Waals surface area contributed by atoms with Crippen LogP contribution in [-0.4, -0.2) is 28.4 Å². The molecule has 1 aromatic rings. The fraction of sp³-hybridized carbons (Fsp3) is 0.643. The van der Waals surface area contributed by atoms with Crippen LogP contribution in [0.2, 0.25) is 0 Å². The van der Waals surface area contributed by atoms with Gasteiger partial charge in [-0.3, -0.25) is 4.79 Å². The van der Waals surface area contributed by atoms with Gasteiger partial charge in [0, 0.05) is 13.0 Å². The molecule has 19 heavy (non-hydrogen) atoms. The number of carbonyl (C=O) groups excluding carboxylic acids is 1. The van der Waals surface area contributed by atoms with Gasteiger partial charge in [0.25, 0.3) is 5.91 Å². The van der Waals surface area contributed by atoms with E-state index >= 15 is 0 Å². The molecule has 1 aliphatic rings. The van der Waals surface area contributed by atoms with Gasteiger partial charge in [-0.05, 0) is 26.2 Å². The zero-order valence-corrected chi connectivity index (χ0v) is 12.7. The number of aryl methyl sites for hydroxylation is 1. The third-order valence-corrected chi connectivity index (χ3v) is 5.28. The van der Waals surface area contributed by atoms with Gasteiger partial charge in [-0.25, -0.2) is 4.98 Å². The van der Waals surface area contributed by atoms with Crippen LogP contribution in [0.5, 0.6) is 0 Å². The largest absolute Gasteiger partial charge is 0.322 e. The summed E-state index contributed by atoms with van der Waals surface area (Å²) >= 11 is 1.45. The van der Waals surface area contributed by atoms with Crippen molar-refractivity contribution in [2.45, 2.75) is 51.5 Å². The van der Waals surface area contributed by atoms with Gasteiger partial charge < -0.3 is 4.90 Å². The molecule has 1 aliphatic carbocycles. The lowest BCUT2D eigenvalue weighted by Gasteiger charge is -2.42. The van der Waals surface area contributed by atoms with E-state index in [1.807, 2.05) is 6.92 Å². The molecule has 1 amide bonds. The highest BCUT2D eigenvalue weighted by atomic mass is 32.1. The molecule has 0 bridgehead atoms. The Morgan fingerprint density at radius 2 is 2.16 bits per heavy atom. The zero-order valence-electron chi connectivity index (χ0n) is 11.9. The number of aromatic nitrogens is 1. The second kappa shape index (κ2) is 4.93. The summed E-state index contributed by atoms with van der Waals surface area (Å²) in [6.45, 7) is 6.00. The second-order valence-corrected chi connectivity index (χ2v) is 6.51. The van der Waals surface area contributed by atoms with Crippen molar-refractivity contribution in [3.8, 4) is 6.07 Å². The Balaban J connectivity index is 2.27. The molecule has 0 unspecified atom stereocenters. The molecule has 1 aromatic heterocycles. The highest BCUT2D eigenvalue weighted by Gasteiger charge is 2.44. The third kappa shape index (κ3) is 2.25. The quantitative estimate of drug-likeness (QED) is 0.853. The molecule has 1 saturated carbocycles. The first-order valence-corrected chi connectivity index (χ1v) is 7.39. The predicted octanol–water partition coefficient (Wildman–Crippen LogP) is 3.09. The Hall–Kier alpha value is -1.41. The van der Waals surface area contributed by atoms with E-state index in [2.05, 4.69) is 24.9 Å². The van der Waals surface area contributed by atoms with Crippen molar-refractivity contribution >= 4 is 17.2 Å². The van der Waals surface area contributed by atoms with E-state index in [-0.39, 0.29) is 5.91 Å². The molecule has 4 nitrogen and oxygen atoms in total. The van der Waals surface area contributed by atoms with Crippen LogP contribution in [0.3, 0.4) is 0 Å². The van der Waals surface area contributed by atoms with Gasteiger partial charge in [-0.2, -0.15) is 5.26 Å². The lowest BCUT2D eigenvalue weighted by atomic mass is 9.76. The van der Waals surface area contributed by atoms with Crippen molar-refractivity contribution < 1.29 is 4.79 Å². The van der Waals surface area contributed by atoms with Crippen molar-refractivity contribution in [1.82, 2.24) is 9.88 Å². The first-order valence-electron chi connectivity index (χ1n) is 6.58. The highest BCUT2D eigenvalue weighted by molar-refractivity contribution is 7.13. The van der Waals surface area contributed by atoms with E-state index in [9.17, 15) is 10.1 Å². The number of carbonyl (C=O) groups is 1. The van der Waals surface area contributed by atoms with Crippen LogP contribution in [0.1, 0.15) is 59.4 Å². The smallest absolute Gasteiger partial charge is 0.266 e. The van der Waals surface area contributed by atoms with Crippen LogP contribution in [0.15, 0.2) is 0 Å². The minimum absolute atomic E-state index is 0.0665.